The molecule has 0 spiro atoms. The fourth-order valence-corrected chi connectivity index (χ4v) is 2.79. The van der Waals surface area contributed by atoms with Crippen molar-refractivity contribution in [3.63, 3.8) is 0 Å². The number of guanidine groups is 1. The Labute approximate surface area is 175 Å². The van der Waals surface area contributed by atoms with Crippen LogP contribution in [0.25, 0.3) is 0 Å². The predicted molar refractivity (Wildman–Crippen MR) is 116 cm³/mol. The molecule has 0 unspecified atom stereocenters. The van der Waals surface area contributed by atoms with Gasteiger partial charge in [0.2, 0.25) is 11.8 Å². The van der Waals surface area contributed by atoms with Gasteiger partial charge in [-0.1, -0.05) is 20.8 Å². The molecule has 2 heterocycles. The topological polar surface area (TPSA) is 65.9 Å². The predicted octanol–water partition coefficient (Wildman–Crippen LogP) is 2.61. The number of aromatic nitrogens is 2. The number of rotatable bonds is 3. The quantitative estimate of drug-likeness (QED) is 0.371. The molecule has 7 nitrogen and oxygen atoms in total. The van der Waals surface area contributed by atoms with Crippen molar-refractivity contribution in [2.24, 2.45) is 10.4 Å². The molecule has 0 saturated carbocycles. The number of piperazine rings is 1. The fourth-order valence-electron chi connectivity index (χ4n) is 2.43. The fraction of sp³-hybridized carbons (Fsp3) is 0.688. The van der Waals surface area contributed by atoms with Crippen molar-refractivity contribution < 1.29 is 4.74 Å². The minimum Gasteiger partial charge on any atom is -0.480 e. The minimum atomic E-state index is 0. The van der Waals surface area contributed by atoms with Gasteiger partial charge in [0.05, 0.1) is 17.8 Å². The molecule has 0 amide bonds. The van der Waals surface area contributed by atoms with Crippen molar-refractivity contribution in [3.8, 4) is 5.88 Å². The first-order valence-corrected chi connectivity index (χ1v) is 8.90. The van der Waals surface area contributed by atoms with Crippen LogP contribution in [0.15, 0.2) is 15.7 Å². The summed E-state index contributed by atoms with van der Waals surface area (Å²) in [7, 11) is 3.44. The summed E-state index contributed by atoms with van der Waals surface area (Å²) in [5.74, 6) is 2.22. The maximum Gasteiger partial charge on any atom is 0.232 e. The van der Waals surface area contributed by atoms with E-state index in [9.17, 15) is 0 Å². The molecule has 1 aromatic rings. The Balaban J connectivity index is 0.00000312. The Morgan fingerprint density at radius 3 is 2.48 bits per heavy atom. The Hall–Kier alpha value is -0.840. The van der Waals surface area contributed by atoms with Crippen LogP contribution in [0.3, 0.4) is 0 Å². The highest BCUT2D eigenvalue weighted by Gasteiger charge is 2.23. The van der Waals surface area contributed by atoms with Gasteiger partial charge < -0.3 is 19.9 Å². The molecule has 9 heteroatoms. The van der Waals surface area contributed by atoms with Gasteiger partial charge in [-0.25, -0.2) is 4.98 Å². The van der Waals surface area contributed by atoms with Crippen LogP contribution in [0, 0.1) is 5.41 Å². The maximum absolute atomic E-state index is 5.25. The van der Waals surface area contributed by atoms with E-state index in [1.807, 2.05) is 7.05 Å². The maximum atomic E-state index is 5.25. The average Bonchev–Trinajstić information content (AvgIpc) is 2.55. The standard InChI is InChI=1S/C16H27BrN6O.HI/c1-16(2,3)11-20-14(18-4)22-6-8-23(9-7-22)15-19-10-12(17)13(21-15)24-5;/h10H,6-9,11H2,1-5H3,(H,18,20);1H. The van der Waals surface area contributed by atoms with E-state index in [4.69, 9.17) is 4.74 Å². The van der Waals surface area contributed by atoms with E-state index >= 15 is 0 Å². The van der Waals surface area contributed by atoms with Gasteiger partial charge >= 0.3 is 0 Å². The molecule has 142 valence electrons. The van der Waals surface area contributed by atoms with E-state index in [1.54, 1.807) is 13.3 Å². The smallest absolute Gasteiger partial charge is 0.232 e. The van der Waals surface area contributed by atoms with Crippen LogP contribution in [0.4, 0.5) is 5.95 Å². The second-order valence-corrected chi connectivity index (χ2v) is 7.82. The van der Waals surface area contributed by atoms with Crippen LogP contribution in [0.1, 0.15) is 20.8 Å². The molecule has 1 N–H and O–H groups in total. The normalized spacial score (nSPS) is 15.7. The van der Waals surface area contributed by atoms with Crippen LogP contribution >= 0.6 is 39.9 Å². The highest BCUT2D eigenvalue weighted by molar-refractivity contribution is 14.0. The molecule has 0 aliphatic carbocycles. The van der Waals surface area contributed by atoms with E-state index in [0.717, 1.165) is 43.2 Å². The molecule has 0 radical (unpaired) electrons. The third kappa shape index (κ3) is 6.43. The van der Waals surface area contributed by atoms with Gasteiger partial charge in [0, 0.05) is 39.8 Å². The van der Waals surface area contributed by atoms with Crippen LogP contribution in [-0.4, -0.2) is 67.7 Å². The van der Waals surface area contributed by atoms with Gasteiger partial charge in [-0.3, -0.25) is 4.99 Å². The lowest BCUT2D eigenvalue weighted by Gasteiger charge is -2.37. The van der Waals surface area contributed by atoms with E-state index < -0.39 is 0 Å². The first kappa shape index (κ1) is 22.2. The van der Waals surface area contributed by atoms with Crippen molar-refractivity contribution in [1.29, 1.82) is 0 Å². The van der Waals surface area contributed by atoms with Gasteiger partial charge in [-0.05, 0) is 21.3 Å². The van der Waals surface area contributed by atoms with E-state index in [0.29, 0.717) is 11.8 Å². The van der Waals surface area contributed by atoms with E-state index in [2.05, 4.69) is 66.8 Å². The Morgan fingerprint density at radius 2 is 1.96 bits per heavy atom. The van der Waals surface area contributed by atoms with E-state index in [1.165, 1.54) is 0 Å². The van der Waals surface area contributed by atoms with Crippen LogP contribution < -0.4 is 15.0 Å². The van der Waals surface area contributed by atoms with Crippen molar-refractivity contribution in [2.45, 2.75) is 20.8 Å². The number of anilines is 1. The molecule has 1 aromatic heterocycles. The van der Waals surface area contributed by atoms with Gasteiger partial charge in [-0.2, -0.15) is 4.98 Å². The summed E-state index contributed by atoms with van der Waals surface area (Å²) >= 11 is 3.38. The third-order valence-electron chi connectivity index (χ3n) is 3.74. The molecular weight excluding hydrogens is 499 g/mol. The number of aliphatic imine (C=N–C) groups is 1. The number of hydrogen-bond donors (Lipinski definition) is 1. The van der Waals surface area contributed by atoms with Gasteiger partial charge in [0.25, 0.3) is 0 Å². The Kier molecular flexibility index (Phi) is 8.66. The van der Waals surface area contributed by atoms with Crippen molar-refractivity contribution >= 4 is 51.8 Å². The van der Waals surface area contributed by atoms with Gasteiger partial charge in [0.15, 0.2) is 5.96 Å². The summed E-state index contributed by atoms with van der Waals surface area (Å²) in [4.78, 5) is 17.7. The van der Waals surface area contributed by atoms with Crippen molar-refractivity contribution in [1.82, 2.24) is 20.2 Å². The zero-order chi connectivity index (χ0) is 17.7. The number of hydrogen-bond acceptors (Lipinski definition) is 5. The molecular formula is C16H28BrIN6O. The highest BCUT2D eigenvalue weighted by Crippen LogP contribution is 2.23. The number of nitrogens with one attached hydrogen (secondary N) is 1. The molecule has 25 heavy (non-hydrogen) atoms. The molecule has 2 rings (SSSR count). The van der Waals surface area contributed by atoms with Crippen molar-refractivity contribution in [3.05, 3.63) is 10.7 Å². The largest absolute Gasteiger partial charge is 0.480 e. The Morgan fingerprint density at radius 1 is 1.32 bits per heavy atom. The third-order valence-corrected chi connectivity index (χ3v) is 4.29. The summed E-state index contributed by atoms with van der Waals surface area (Å²) in [5, 5.41) is 3.46. The molecule has 1 aliphatic rings. The number of methoxy groups -OCH3 is 1. The van der Waals surface area contributed by atoms with Gasteiger partial charge in [-0.15, -0.1) is 24.0 Å². The number of nitrogens with zero attached hydrogens (tertiary/aromatic N) is 5. The van der Waals surface area contributed by atoms with Crippen molar-refractivity contribution in [2.75, 3.05) is 51.8 Å². The molecule has 0 bridgehead atoms. The minimum absolute atomic E-state index is 0. The number of ether oxygens (including phenoxy) is 1. The number of halogens is 2. The van der Waals surface area contributed by atoms with Crippen LogP contribution in [-0.2, 0) is 0 Å². The Bertz CT molecular complexity index is 584. The van der Waals surface area contributed by atoms with Crippen LogP contribution in [0.2, 0.25) is 0 Å². The monoisotopic (exact) mass is 526 g/mol. The summed E-state index contributed by atoms with van der Waals surface area (Å²) < 4.78 is 6.02. The summed E-state index contributed by atoms with van der Waals surface area (Å²) in [5.41, 5.74) is 0.222. The second kappa shape index (κ2) is 9.75. The lowest BCUT2D eigenvalue weighted by atomic mass is 9.97. The summed E-state index contributed by atoms with van der Waals surface area (Å²) in [6.07, 6.45) is 1.73. The lowest BCUT2D eigenvalue weighted by Crippen LogP contribution is -2.53. The molecule has 0 aromatic carbocycles. The average molecular weight is 527 g/mol. The molecule has 1 aliphatic heterocycles. The first-order chi connectivity index (χ1) is 11.3. The molecule has 0 atom stereocenters. The molecule has 1 saturated heterocycles. The zero-order valence-electron chi connectivity index (χ0n) is 15.5. The SMILES string of the molecule is CN=C(NCC(C)(C)C)N1CCN(c2ncc(Br)c(OC)n2)CC1.I. The first-order valence-electron chi connectivity index (χ1n) is 8.11. The van der Waals surface area contributed by atoms with E-state index in [-0.39, 0.29) is 29.4 Å². The summed E-state index contributed by atoms with van der Waals surface area (Å²) in [6.45, 7) is 11.0. The zero-order valence-corrected chi connectivity index (χ0v) is 19.5. The lowest BCUT2D eigenvalue weighted by molar-refractivity contribution is 0.349. The van der Waals surface area contributed by atoms with Gasteiger partial charge in [0.1, 0.15) is 0 Å². The summed E-state index contributed by atoms with van der Waals surface area (Å²) in [6, 6.07) is 0. The highest BCUT2D eigenvalue weighted by atomic mass is 127. The molecule has 1 fully saturated rings. The van der Waals surface area contributed by atoms with Crippen LogP contribution in [0.5, 0.6) is 5.88 Å². The second-order valence-electron chi connectivity index (χ2n) is 6.96.